The Bertz CT molecular complexity index is 3560. The van der Waals surface area contributed by atoms with Crippen molar-refractivity contribution in [3.05, 3.63) is 236 Å². The van der Waals surface area contributed by atoms with E-state index in [-0.39, 0.29) is 5.41 Å². The summed E-state index contributed by atoms with van der Waals surface area (Å²) in [6, 6.07) is 81.1. The number of benzene rings is 10. The first-order valence-electron chi connectivity index (χ1n) is 23.2. The second-order valence-electron chi connectivity index (χ2n) is 18.2. The Morgan fingerprint density at radius 2 is 0.853 bits per heavy atom. The molecule has 1 aliphatic rings. The van der Waals surface area contributed by atoms with Crippen molar-refractivity contribution in [1.29, 1.82) is 0 Å². The van der Waals surface area contributed by atoms with Crippen LogP contribution in [0.1, 0.15) is 25.0 Å². The Balaban J connectivity index is 1.02. The average molecular weight is 880 g/mol. The molecule has 0 fully saturated rings. The molecule has 12 rings (SSSR count). The first-order valence-corrected chi connectivity index (χ1v) is 23.2. The third-order valence-corrected chi connectivity index (χ3v) is 13.9. The third kappa shape index (κ3) is 6.86. The van der Waals surface area contributed by atoms with Crippen LogP contribution in [0, 0.1) is 0 Å². The lowest BCUT2D eigenvalue weighted by Crippen LogP contribution is -2.26. The van der Waals surface area contributed by atoms with Gasteiger partial charge in [0.25, 0.3) is 0 Å². The van der Waals surface area contributed by atoms with Crippen LogP contribution >= 0.6 is 0 Å². The number of hydrogen-bond donors (Lipinski definition) is 0. The van der Waals surface area contributed by atoms with Crippen molar-refractivity contribution in [3.63, 3.8) is 0 Å². The van der Waals surface area contributed by atoms with Gasteiger partial charge in [-0.25, -0.2) is 0 Å². The van der Waals surface area contributed by atoms with Gasteiger partial charge >= 0.3 is 0 Å². The molecule has 5 heteroatoms. The van der Waals surface area contributed by atoms with E-state index >= 15 is 0 Å². The molecule has 0 saturated carbocycles. The van der Waals surface area contributed by atoms with Gasteiger partial charge in [-0.2, -0.15) is 0 Å². The molecule has 68 heavy (non-hydrogen) atoms. The lowest BCUT2D eigenvalue weighted by molar-refractivity contribution is 0.414. The summed E-state index contributed by atoms with van der Waals surface area (Å²) >= 11 is 0. The molecule has 0 aliphatic carbocycles. The fraction of sp³-hybridized carbons (Fsp3) is 0.0794. The largest absolute Gasteiger partial charge is 0.497 e. The van der Waals surface area contributed by atoms with Crippen LogP contribution < -0.4 is 19.3 Å². The van der Waals surface area contributed by atoms with E-state index in [2.05, 4.69) is 228 Å². The monoisotopic (exact) mass is 879 g/mol. The summed E-state index contributed by atoms with van der Waals surface area (Å²) < 4.78 is 13.7. The molecule has 0 saturated heterocycles. The molecule has 5 nitrogen and oxygen atoms in total. The van der Waals surface area contributed by atoms with Gasteiger partial charge in [-0.05, 0) is 172 Å². The summed E-state index contributed by atoms with van der Waals surface area (Å²) in [4.78, 5) is 4.64. The number of hydrogen-bond acceptors (Lipinski definition) is 4. The Hall–Kier alpha value is -8.54. The number of methoxy groups -OCH3 is 2. The van der Waals surface area contributed by atoms with Crippen LogP contribution in [0.5, 0.6) is 11.5 Å². The second-order valence-corrected chi connectivity index (χ2v) is 18.2. The third-order valence-electron chi connectivity index (χ3n) is 13.9. The van der Waals surface area contributed by atoms with E-state index in [1.165, 1.54) is 60.5 Å². The first-order chi connectivity index (χ1) is 33.4. The van der Waals surface area contributed by atoms with Crippen LogP contribution in [0.2, 0.25) is 0 Å². The molecule has 10 aromatic carbocycles. The van der Waals surface area contributed by atoms with Gasteiger partial charge in [-0.3, -0.25) is 0 Å². The summed E-state index contributed by atoms with van der Waals surface area (Å²) in [6.07, 6.45) is 0. The van der Waals surface area contributed by atoms with Gasteiger partial charge in [0.1, 0.15) is 11.5 Å². The number of para-hydroxylation sites is 4. The highest BCUT2D eigenvalue weighted by Gasteiger charge is 2.35. The molecule has 328 valence electrons. The molecule has 0 amide bonds. The lowest BCUT2D eigenvalue weighted by atomic mass is 9.74. The quantitative estimate of drug-likeness (QED) is 0.137. The summed E-state index contributed by atoms with van der Waals surface area (Å²) in [5, 5.41) is 4.94. The van der Waals surface area contributed by atoms with E-state index in [1.807, 2.05) is 24.3 Å². The molecule has 0 atom stereocenters. The highest BCUT2D eigenvalue weighted by atomic mass is 16.5. The Morgan fingerprint density at radius 1 is 0.368 bits per heavy atom. The topological polar surface area (TPSA) is 29.9 Å². The van der Waals surface area contributed by atoms with Gasteiger partial charge in [-0.15, -0.1) is 0 Å². The molecule has 0 N–H and O–H groups in total. The van der Waals surface area contributed by atoms with Crippen molar-refractivity contribution in [2.24, 2.45) is 0 Å². The second kappa shape index (κ2) is 16.4. The maximum absolute atomic E-state index is 5.60. The van der Waals surface area contributed by atoms with E-state index in [4.69, 9.17) is 9.47 Å². The molecule has 0 unspecified atom stereocenters. The van der Waals surface area contributed by atoms with E-state index < -0.39 is 0 Å². The summed E-state index contributed by atoms with van der Waals surface area (Å²) in [5.41, 5.74) is 17.2. The van der Waals surface area contributed by atoms with E-state index in [0.29, 0.717) is 0 Å². The maximum atomic E-state index is 5.60. The van der Waals surface area contributed by atoms with Gasteiger partial charge < -0.3 is 23.8 Å². The molecular weight excluding hydrogens is 831 g/mol. The van der Waals surface area contributed by atoms with Crippen molar-refractivity contribution in [2.45, 2.75) is 19.3 Å². The Kier molecular flexibility index (Phi) is 9.88. The van der Waals surface area contributed by atoms with E-state index in [9.17, 15) is 0 Å². The molecule has 1 aromatic heterocycles. The minimum absolute atomic E-state index is 0.179. The average Bonchev–Trinajstić information content (AvgIpc) is 3.73. The van der Waals surface area contributed by atoms with Crippen LogP contribution in [0.25, 0.3) is 60.5 Å². The van der Waals surface area contributed by atoms with Crippen LogP contribution in [0.3, 0.4) is 0 Å². The predicted molar refractivity (Wildman–Crippen MR) is 284 cm³/mol. The fourth-order valence-corrected chi connectivity index (χ4v) is 10.5. The number of rotatable bonds is 10. The summed E-state index contributed by atoms with van der Waals surface area (Å²) in [6.45, 7) is 4.75. The predicted octanol–water partition coefficient (Wildman–Crippen LogP) is 16.9. The summed E-state index contributed by atoms with van der Waals surface area (Å²) in [7, 11) is 3.41. The van der Waals surface area contributed by atoms with Gasteiger partial charge in [0, 0.05) is 50.3 Å². The molecule has 0 spiro atoms. The molecular formula is C63H49N3O2. The Labute approximate surface area is 397 Å². The SMILES string of the molecule is COc1ccc(N(c2ccccc2)c2cc(-c3ccc4cc(-c5cc6c7c(c5)c5ccccc5n7-c5ccccc5C6(C)C)ccc4c3)cc(N(c3ccccc3)c3ccc(OC)cc3)c2)cc1. The highest BCUT2D eigenvalue weighted by molar-refractivity contribution is 6.13. The molecule has 0 bridgehead atoms. The minimum Gasteiger partial charge on any atom is -0.497 e. The van der Waals surface area contributed by atoms with Crippen molar-refractivity contribution in [2.75, 3.05) is 24.0 Å². The first kappa shape index (κ1) is 40.9. The molecule has 2 heterocycles. The van der Waals surface area contributed by atoms with Gasteiger partial charge in [0.15, 0.2) is 0 Å². The van der Waals surface area contributed by atoms with Crippen LogP contribution in [-0.4, -0.2) is 18.8 Å². The van der Waals surface area contributed by atoms with Gasteiger partial charge in [0.2, 0.25) is 0 Å². The van der Waals surface area contributed by atoms with Crippen molar-refractivity contribution in [3.8, 4) is 39.4 Å². The minimum atomic E-state index is -0.179. The number of aromatic nitrogens is 1. The van der Waals surface area contributed by atoms with Gasteiger partial charge in [0.05, 0.1) is 30.9 Å². The van der Waals surface area contributed by atoms with Crippen LogP contribution in [-0.2, 0) is 5.41 Å². The highest BCUT2D eigenvalue weighted by Crippen LogP contribution is 2.50. The standard InChI is InChI=1S/C63H49N3O2/c1-63(2)58-20-12-14-22-61(58)66-60-21-13-11-19-56(60)57-39-47(40-59(63)62(57)66)45-26-24-42-35-44(25-23-43(42)36-45)46-37-52(64(48-15-7-5-8-16-48)50-27-31-54(67-3)32-28-50)41-53(38-46)65(49-17-9-6-10-18-49)51-29-33-55(68-4)34-30-51/h5-41H,1-4H3. The summed E-state index contributed by atoms with van der Waals surface area (Å²) in [5.74, 6) is 1.62. The van der Waals surface area contributed by atoms with Gasteiger partial charge in [-0.1, -0.05) is 111 Å². The smallest absolute Gasteiger partial charge is 0.119 e. The van der Waals surface area contributed by atoms with E-state index in [1.54, 1.807) is 14.2 Å². The van der Waals surface area contributed by atoms with Crippen molar-refractivity contribution < 1.29 is 9.47 Å². The zero-order chi connectivity index (χ0) is 45.9. The van der Waals surface area contributed by atoms with Crippen LogP contribution in [0.4, 0.5) is 34.1 Å². The lowest BCUT2D eigenvalue weighted by Gasteiger charge is -2.35. The fourth-order valence-electron chi connectivity index (χ4n) is 10.5. The Morgan fingerprint density at radius 3 is 1.41 bits per heavy atom. The number of fused-ring (bicyclic) bond motifs is 6. The van der Waals surface area contributed by atoms with Crippen LogP contribution in [0.15, 0.2) is 224 Å². The molecule has 0 radical (unpaired) electrons. The number of ether oxygens (including phenoxy) is 2. The molecule has 1 aliphatic heterocycles. The number of nitrogens with zero attached hydrogens (tertiary/aromatic N) is 3. The van der Waals surface area contributed by atoms with E-state index in [0.717, 1.165) is 56.8 Å². The number of anilines is 6. The maximum Gasteiger partial charge on any atom is 0.119 e. The zero-order valence-corrected chi connectivity index (χ0v) is 38.5. The molecule has 11 aromatic rings. The zero-order valence-electron chi connectivity index (χ0n) is 38.5. The normalized spacial score (nSPS) is 12.5. The van der Waals surface area contributed by atoms with Crippen molar-refractivity contribution in [1.82, 2.24) is 4.57 Å². The van der Waals surface area contributed by atoms with Crippen molar-refractivity contribution >= 4 is 66.7 Å².